The lowest BCUT2D eigenvalue weighted by molar-refractivity contribution is -0.157. The van der Waals surface area contributed by atoms with Crippen molar-refractivity contribution in [1.82, 2.24) is 4.90 Å². The second-order valence-corrected chi connectivity index (χ2v) is 10.7. The number of halogens is 1. The van der Waals surface area contributed by atoms with Gasteiger partial charge in [-0.3, -0.25) is 4.79 Å². The molecule has 1 aromatic heterocycles. The van der Waals surface area contributed by atoms with Gasteiger partial charge in [0.05, 0.1) is 11.6 Å². The standard InChI is InChI=1S/C29H32ClNO5/c1-17-18(2)28(33)36-27-19(3)24(12-11-22(17)27)35-16-25(32)31-15-14-29(34)13-5-4-6-23(29)26(31)20-7-9-21(30)10-8-20/h7-12,23,26,34H,4-6,13-16H2,1-3H3/t23-,26+,29+/m1/s1. The van der Waals surface area contributed by atoms with Crippen LogP contribution >= 0.6 is 11.6 Å². The number of carbonyl (C=O) groups is 1. The summed E-state index contributed by atoms with van der Waals surface area (Å²) in [4.78, 5) is 27.6. The molecule has 7 heteroatoms. The normalized spacial score (nSPS) is 24.0. The number of rotatable bonds is 4. The molecule has 6 nitrogen and oxygen atoms in total. The van der Waals surface area contributed by atoms with Crippen molar-refractivity contribution >= 4 is 28.5 Å². The summed E-state index contributed by atoms with van der Waals surface area (Å²) in [5.41, 5.74) is 2.50. The molecule has 1 N–H and O–H groups in total. The second-order valence-electron chi connectivity index (χ2n) is 10.3. The van der Waals surface area contributed by atoms with E-state index in [-0.39, 0.29) is 30.1 Å². The summed E-state index contributed by atoms with van der Waals surface area (Å²) < 4.78 is 11.6. The predicted molar refractivity (Wildman–Crippen MR) is 140 cm³/mol. The summed E-state index contributed by atoms with van der Waals surface area (Å²) in [6.45, 7) is 5.81. The highest BCUT2D eigenvalue weighted by molar-refractivity contribution is 6.30. The van der Waals surface area contributed by atoms with E-state index in [1.165, 1.54) is 0 Å². The Bertz CT molecular complexity index is 1360. The van der Waals surface area contributed by atoms with Crippen molar-refractivity contribution in [3.05, 3.63) is 74.1 Å². The average Bonchev–Trinajstić information content (AvgIpc) is 2.87. The molecule has 1 amide bonds. The topological polar surface area (TPSA) is 80.0 Å². The number of carbonyl (C=O) groups excluding carboxylic acids is 1. The molecule has 0 bridgehead atoms. The zero-order chi connectivity index (χ0) is 25.6. The summed E-state index contributed by atoms with van der Waals surface area (Å²) in [5, 5.41) is 13.0. The Kier molecular flexibility index (Phi) is 6.60. The Balaban J connectivity index is 1.42. The number of benzene rings is 2. The Morgan fingerprint density at radius 1 is 1.08 bits per heavy atom. The van der Waals surface area contributed by atoms with Crippen molar-refractivity contribution in [3.63, 3.8) is 0 Å². The number of hydrogen-bond donors (Lipinski definition) is 1. The van der Waals surface area contributed by atoms with Gasteiger partial charge in [0.25, 0.3) is 5.91 Å². The van der Waals surface area contributed by atoms with Crippen LogP contribution in [0, 0.1) is 26.7 Å². The molecule has 5 rings (SSSR count). The summed E-state index contributed by atoms with van der Waals surface area (Å²) in [6, 6.07) is 11.0. The van der Waals surface area contributed by atoms with Crippen molar-refractivity contribution in [3.8, 4) is 5.75 Å². The van der Waals surface area contributed by atoms with E-state index in [1.807, 2.05) is 55.1 Å². The number of nitrogens with zero attached hydrogens (tertiary/aromatic N) is 1. The molecule has 0 radical (unpaired) electrons. The highest BCUT2D eigenvalue weighted by Gasteiger charge is 2.50. The first-order valence-corrected chi connectivity index (χ1v) is 13.0. The molecule has 2 heterocycles. The van der Waals surface area contributed by atoms with Gasteiger partial charge in [0.1, 0.15) is 11.3 Å². The van der Waals surface area contributed by atoms with E-state index in [4.69, 9.17) is 20.8 Å². The fourth-order valence-corrected chi connectivity index (χ4v) is 6.16. The number of ether oxygens (including phenoxy) is 1. The van der Waals surface area contributed by atoms with Crippen LogP contribution in [-0.2, 0) is 4.79 Å². The van der Waals surface area contributed by atoms with Crippen LogP contribution in [0.4, 0.5) is 0 Å². The number of piperidine rings is 1. The zero-order valence-electron chi connectivity index (χ0n) is 21.0. The minimum Gasteiger partial charge on any atom is -0.483 e. The van der Waals surface area contributed by atoms with E-state index in [2.05, 4.69) is 0 Å². The van der Waals surface area contributed by atoms with Gasteiger partial charge in [-0.1, -0.05) is 36.6 Å². The van der Waals surface area contributed by atoms with Gasteiger partial charge in [0.15, 0.2) is 6.61 Å². The van der Waals surface area contributed by atoms with Crippen LogP contribution in [0.2, 0.25) is 5.02 Å². The van der Waals surface area contributed by atoms with Crippen molar-refractivity contribution < 1.29 is 19.1 Å². The van der Waals surface area contributed by atoms with E-state index in [0.29, 0.717) is 40.4 Å². The largest absolute Gasteiger partial charge is 0.483 e. The number of aliphatic hydroxyl groups is 1. The van der Waals surface area contributed by atoms with Crippen LogP contribution < -0.4 is 10.4 Å². The Morgan fingerprint density at radius 2 is 1.83 bits per heavy atom. The van der Waals surface area contributed by atoms with Gasteiger partial charge in [-0.2, -0.15) is 0 Å². The lowest BCUT2D eigenvalue weighted by Crippen LogP contribution is -2.56. The third-order valence-electron chi connectivity index (χ3n) is 8.27. The van der Waals surface area contributed by atoms with Crippen LogP contribution in [0.3, 0.4) is 0 Å². The van der Waals surface area contributed by atoms with Gasteiger partial charge < -0.3 is 19.2 Å². The quantitative estimate of drug-likeness (QED) is 0.460. The number of hydrogen-bond acceptors (Lipinski definition) is 5. The molecule has 3 atom stereocenters. The SMILES string of the molecule is Cc1c(C)c2ccc(OCC(=O)N3CC[C@@]4(O)CCCC[C@@H]4[C@@H]3c3ccc(Cl)cc3)c(C)c2oc1=O. The van der Waals surface area contributed by atoms with Gasteiger partial charge in [0.2, 0.25) is 0 Å². The summed E-state index contributed by atoms with van der Waals surface area (Å²) >= 11 is 6.14. The molecule has 1 aliphatic carbocycles. The maximum absolute atomic E-state index is 13.5. The van der Waals surface area contributed by atoms with Gasteiger partial charge in [0, 0.05) is 34.0 Å². The molecule has 1 aliphatic heterocycles. The van der Waals surface area contributed by atoms with Crippen LogP contribution in [0.25, 0.3) is 11.0 Å². The van der Waals surface area contributed by atoms with Crippen molar-refractivity contribution in [1.29, 1.82) is 0 Å². The number of likely N-dealkylation sites (tertiary alicyclic amines) is 1. The highest BCUT2D eigenvalue weighted by atomic mass is 35.5. The van der Waals surface area contributed by atoms with Crippen LogP contribution in [0.1, 0.15) is 60.4 Å². The van der Waals surface area contributed by atoms with E-state index in [0.717, 1.165) is 42.2 Å². The summed E-state index contributed by atoms with van der Waals surface area (Å²) in [7, 11) is 0. The third kappa shape index (κ3) is 4.31. The van der Waals surface area contributed by atoms with Gasteiger partial charge in [-0.15, -0.1) is 0 Å². The summed E-state index contributed by atoms with van der Waals surface area (Å²) in [6.07, 6.45) is 4.24. The molecular formula is C29H32ClNO5. The van der Waals surface area contributed by atoms with Crippen molar-refractivity contribution in [2.75, 3.05) is 13.2 Å². The molecule has 1 saturated heterocycles. The van der Waals surface area contributed by atoms with Gasteiger partial charge in [-0.05, 0) is 75.4 Å². The van der Waals surface area contributed by atoms with Crippen molar-refractivity contribution in [2.45, 2.75) is 64.5 Å². The molecular weight excluding hydrogens is 478 g/mol. The van der Waals surface area contributed by atoms with Crippen molar-refractivity contribution in [2.24, 2.45) is 5.92 Å². The lowest BCUT2D eigenvalue weighted by atomic mass is 9.66. The summed E-state index contributed by atoms with van der Waals surface area (Å²) in [5.74, 6) is 0.341. The fraction of sp³-hybridized carbons (Fsp3) is 0.448. The van der Waals surface area contributed by atoms with Crippen LogP contribution in [0.15, 0.2) is 45.6 Å². The minimum absolute atomic E-state index is 0.0342. The lowest BCUT2D eigenvalue weighted by Gasteiger charge is -2.52. The monoisotopic (exact) mass is 509 g/mol. The number of amides is 1. The Labute approximate surface area is 215 Å². The number of fused-ring (bicyclic) bond motifs is 2. The first-order chi connectivity index (χ1) is 17.2. The third-order valence-corrected chi connectivity index (χ3v) is 8.53. The average molecular weight is 510 g/mol. The number of aryl methyl sites for hydroxylation is 2. The minimum atomic E-state index is -0.761. The molecule has 0 spiro atoms. The van der Waals surface area contributed by atoms with Gasteiger partial charge in [-0.25, -0.2) is 4.79 Å². The first kappa shape index (κ1) is 24.8. The van der Waals surface area contributed by atoms with E-state index in [1.54, 1.807) is 6.92 Å². The fourth-order valence-electron chi connectivity index (χ4n) is 6.04. The van der Waals surface area contributed by atoms with Crippen LogP contribution in [-0.4, -0.2) is 34.7 Å². The highest BCUT2D eigenvalue weighted by Crippen LogP contribution is 2.49. The molecule has 1 saturated carbocycles. The molecule has 2 aromatic carbocycles. The van der Waals surface area contributed by atoms with Crippen LogP contribution in [0.5, 0.6) is 5.75 Å². The maximum atomic E-state index is 13.5. The van der Waals surface area contributed by atoms with E-state index in [9.17, 15) is 14.7 Å². The molecule has 3 aromatic rings. The van der Waals surface area contributed by atoms with E-state index < -0.39 is 5.60 Å². The molecule has 36 heavy (non-hydrogen) atoms. The Hall–Kier alpha value is -2.83. The zero-order valence-corrected chi connectivity index (χ0v) is 21.7. The molecule has 2 aliphatic rings. The predicted octanol–water partition coefficient (Wildman–Crippen LogP) is 5.65. The van der Waals surface area contributed by atoms with E-state index >= 15 is 0 Å². The second kappa shape index (κ2) is 9.56. The maximum Gasteiger partial charge on any atom is 0.339 e. The molecule has 0 unspecified atom stereocenters. The van der Waals surface area contributed by atoms with Gasteiger partial charge >= 0.3 is 5.63 Å². The molecule has 190 valence electrons. The smallest absolute Gasteiger partial charge is 0.339 e. The Morgan fingerprint density at radius 3 is 2.58 bits per heavy atom. The molecule has 2 fully saturated rings. The first-order valence-electron chi connectivity index (χ1n) is 12.6.